The van der Waals surface area contributed by atoms with E-state index in [2.05, 4.69) is 16.0 Å². The normalized spacial score (nSPS) is 26.8. The highest BCUT2D eigenvalue weighted by Crippen LogP contribution is 2.48. The summed E-state index contributed by atoms with van der Waals surface area (Å²) in [5.41, 5.74) is 0.309. The van der Waals surface area contributed by atoms with Crippen molar-refractivity contribution in [2.24, 2.45) is 10.8 Å². The summed E-state index contributed by atoms with van der Waals surface area (Å²) in [7, 11) is 0. The molecule has 7 rings (SSSR count). The fourth-order valence-corrected chi connectivity index (χ4v) is 13.0. The molecule has 0 aromatic heterocycles. The monoisotopic (exact) mass is 889 g/mol. The number of benzene rings is 2. The van der Waals surface area contributed by atoms with E-state index in [4.69, 9.17) is 12.2 Å². The van der Waals surface area contributed by atoms with Crippen molar-refractivity contribution >= 4 is 76.2 Å². The van der Waals surface area contributed by atoms with Gasteiger partial charge in [-0.05, 0) is 53.4 Å². The van der Waals surface area contributed by atoms with Gasteiger partial charge in [-0.3, -0.25) is 24.0 Å². The largest absolute Gasteiger partial charge is 0.368 e. The van der Waals surface area contributed by atoms with Crippen molar-refractivity contribution < 1.29 is 28.8 Å². The van der Waals surface area contributed by atoms with Gasteiger partial charge in [0, 0.05) is 44.9 Å². The Kier molecular flexibility index (Phi) is 13.7. The van der Waals surface area contributed by atoms with Crippen LogP contribution in [0.1, 0.15) is 89.8 Å². The summed E-state index contributed by atoms with van der Waals surface area (Å²) in [4.78, 5) is 92.9. The summed E-state index contributed by atoms with van der Waals surface area (Å²) in [5, 5.41) is 8.93. The predicted octanol–water partition coefficient (Wildman–Crippen LogP) is 4.93. The van der Waals surface area contributed by atoms with Gasteiger partial charge in [-0.2, -0.15) is 0 Å². The summed E-state index contributed by atoms with van der Waals surface area (Å²) in [6.45, 7) is 11.5. The van der Waals surface area contributed by atoms with E-state index in [9.17, 15) is 28.8 Å². The van der Waals surface area contributed by atoms with Crippen LogP contribution in [0.25, 0.3) is 0 Å². The van der Waals surface area contributed by atoms with Gasteiger partial charge in [0.05, 0.1) is 27.7 Å². The number of piperazine rings is 1. The van der Waals surface area contributed by atoms with E-state index < -0.39 is 40.9 Å². The van der Waals surface area contributed by atoms with Gasteiger partial charge in [0.2, 0.25) is 23.6 Å². The molecule has 5 heterocycles. The first kappa shape index (κ1) is 44.9. The Morgan fingerprint density at radius 2 is 1.34 bits per heavy atom. The number of fused-ring (bicyclic) bond motifs is 2. The number of hydrogen-bond donors (Lipinski definition) is 3. The van der Waals surface area contributed by atoms with E-state index in [1.807, 2.05) is 95.3 Å². The van der Waals surface area contributed by atoms with Crippen molar-refractivity contribution in [3.8, 4) is 0 Å². The zero-order valence-electron chi connectivity index (χ0n) is 35.8. The third-order valence-electron chi connectivity index (χ3n) is 12.9. The minimum absolute atomic E-state index is 0.0727. The zero-order chi connectivity index (χ0) is 43.6. The molecule has 0 unspecified atom stereocenters. The molecule has 5 fully saturated rings. The predicted molar refractivity (Wildman–Crippen MR) is 243 cm³/mol. The standard InChI is InChI=1S/C45H59N7O6S3/c1-6-33(59)47-31-17-23-60-34-26-44(2,3)37(51(34)41(31)56)32(53)25-30(28-13-9-7-10-14-28)40(55)49-19-21-50(22-20-49)42(57)36(29-15-11-8-12-16-29)48-39(54)38-45(4,5)27-35-52(38)43(58)46-18-24-61-35/h7-16,30-31,34-38H,6,17-27H2,1-5H3,(H,46,58)(H,47,59)(H,48,54)/t30-,31-,34-,35-,36-,37+,38+/m0/s1. The lowest BCUT2D eigenvalue weighted by atomic mass is 9.79. The molecule has 0 radical (unpaired) electrons. The molecule has 2 aromatic carbocycles. The van der Waals surface area contributed by atoms with Gasteiger partial charge in [0.1, 0.15) is 18.1 Å². The summed E-state index contributed by atoms with van der Waals surface area (Å²) < 4.78 is 0. The average molecular weight is 890 g/mol. The lowest BCUT2D eigenvalue weighted by Crippen LogP contribution is -2.57. The van der Waals surface area contributed by atoms with Crippen molar-refractivity contribution in [3.05, 3.63) is 71.8 Å². The summed E-state index contributed by atoms with van der Waals surface area (Å²) in [6.07, 6.45) is 2.48. The molecule has 5 aliphatic heterocycles. The molecule has 0 bridgehead atoms. The van der Waals surface area contributed by atoms with Gasteiger partial charge in [0.15, 0.2) is 5.78 Å². The van der Waals surface area contributed by atoms with Crippen molar-refractivity contribution in [1.29, 1.82) is 0 Å². The second-order valence-electron chi connectivity index (χ2n) is 18.1. The second-order valence-corrected chi connectivity index (χ2v) is 21.2. The van der Waals surface area contributed by atoms with Crippen molar-refractivity contribution in [2.75, 3.05) is 44.2 Å². The molecule has 0 saturated carbocycles. The number of nitrogens with zero attached hydrogens (tertiary/aromatic N) is 4. The van der Waals surface area contributed by atoms with Gasteiger partial charge in [-0.1, -0.05) is 108 Å². The number of thioether (sulfide) groups is 2. The van der Waals surface area contributed by atoms with Gasteiger partial charge in [-0.25, -0.2) is 4.79 Å². The first-order valence-electron chi connectivity index (χ1n) is 21.5. The quantitative estimate of drug-likeness (QED) is 0.265. The number of nitrogens with one attached hydrogen (secondary N) is 3. The Balaban J connectivity index is 1.07. The van der Waals surface area contributed by atoms with Gasteiger partial charge in [-0.15, -0.1) is 23.5 Å². The van der Waals surface area contributed by atoms with Crippen LogP contribution in [-0.2, 0) is 24.0 Å². The van der Waals surface area contributed by atoms with E-state index in [1.54, 1.807) is 43.1 Å². The molecule has 6 amide bonds. The Hall–Kier alpha value is -4.15. The highest BCUT2D eigenvalue weighted by Gasteiger charge is 2.55. The third kappa shape index (κ3) is 9.46. The van der Waals surface area contributed by atoms with E-state index >= 15 is 0 Å². The maximum atomic E-state index is 14.7. The van der Waals surface area contributed by atoms with Crippen LogP contribution in [0.4, 0.5) is 4.79 Å². The van der Waals surface area contributed by atoms with Crippen molar-refractivity contribution in [3.63, 3.8) is 0 Å². The minimum Gasteiger partial charge on any atom is -0.368 e. The van der Waals surface area contributed by atoms with Crippen LogP contribution in [0.5, 0.6) is 0 Å². The molecule has 5 aliphatic rings. The topological polar surface area (TPSA) is 151 Å². The molecule has 5 saturated heterocycles. The average Bonchev–Trinajstić information content (AvgIpc) is 3.55. The minimum atomic E-state index is -1.01. The molecule has 13 nitrogen and oxygen atoms in total. The number of urea groups is 1. The van der Waals surface area contributed by atoms with Gasteiger partial charge in [0.25, 0.3) is 0 Å². The number of carbonyl (C=O) groups excluding carboxylic acids is 6. The molecule has 16 heteroatoms. The first-order valence-corrected chi connectivity index (χ1v) is 24.0. The Morgan fingerprint density at radius 3 is 1.97 bits per heavy atom. The number of thiocarbonyl (C=S) groups is 1. The number of amides is 6. The van der Waals surface area contributed by atoms with E-state index in [0.29, 0.717) is 42.8 Å². The molecular formula is C45H59N7O6S3. The smallest absolute Gasteiger partial charge is 0.319 e. The van der Waals surface area contributed by atoms with Crippen molar-refractivity contribution in [2.45, 2.75) is 108 Å². The van der Waals surface area contributed by atoms with Crippen LogP contribution in [0, 0.1) is 10.8 Å². The molecule has 61 heavy (non-hydrogen) atoms. The molecule has 328 valence electrons. The molecule has 2 aromatic rings. The maximum absolute atomic E-state index is 14.7. The number of rotatable bonds is 11. The molecular weight excluding hydrogens is 831 g/mol. The van der Waals surface area contributed by atoms with Crippen LogP contribution >= 0.6 is 35.7 Å². The number of hydrogen-bond acceptors (Lipinski definition) is 9. The molecule has 7 atom stereocenters. The van der Waals surface area contributed by atoms with Crippen LogP contribution in [0.2, 0.25) is 0 Å². The number of carbonyl (C=O) groups is 6. The number of ketones is 1. The van der Waals surface area contributed by atoms with Gasteiger partial charge >= 0.3 is 6.03 Å². The maximum Gasteiger partial charge on any atom is 0.319 e. The van der Waals surface area contributed by atoms with Crippen LogP contribution < -0.4 is 16.0 Å². The Bertz CT molecular complexity index is 2000. The lowest BCUT2D eigenvalue weighted by molar-refractivity contribution is -0.145. The van der Waals surface area contributed by atoms with E-state index in [-0.39, 0.29) is 78.8 Å². The fourth-order valence-electron chi connectivity index (χ4n) is 9.82. The van der Waals surface area contributed by atoms with E-state index in [1.165, 1.54) is 0 Å². The fraction of sp³-hybridized carbons (Fsp3) is 0.578. The summed E-state index contributed by atoms with van der Waals surface area (Å²) >= 11 is 8.82. The SMILES string of the molecule is CCC(=S)N[C@H]1CCS[C@H]2CC(C)(C)[C@@H](C(=O)C[C@H](C(=O)N3CCN(C(=O)[C@@H](NC(=O)[C@H]4N5C(=O)NCCS[C@H]5CC4(C)C)c4ccccc4)CC3)c3ccccc3)N2C1=O. The van der Waals surface area contributed by atoms with Crippen LogP contribution in [0.15, 0.2) is 60.7 Å². The van der Waals surface area contributed by atoms with Crippen LogP contribution in [-0.4, -0.2) is 133 Å². The third-order valence-corrected chi connectivity index (χ3v) is 15.8. The first-order chi connectivity index (χ1) is 29.1. The summed E-state index contributed by atoms with van der Waals surface area (Å²) in [6, 6.07) is 15.2. The lowest BCUT2D eigenvalue weighted by Gasteiger charge is -2.39. The zero-order valence-corrected chi connectivity index (χ0v) is 38.2. The number of Topliss-reactive ketones (excluding diaryl/α,β-unsaturated/α-hetero) is 1. The van der Waals surface area contributed by atoms with Crippen molar-refractivity contribution in [1.82, 2.24) is 35.6 Å². The van der Waals surface area contributed by atoms with Gasteiger partial charge < -0.3 is 35.6 Å². The highest BCUT2D eigenvalue weighted by molar-refractivity contribution is 8.00. The summed E-state index contributed by atoms with van der Waals surface area (Å²) in [5.74, 6) is -0.420. The van der Waals surface area contributed by atoms with Crippen LogP contribution in [0.3, 0.4) is 0 Å². The van der Waals surface area contributed by atoms with E-state index in [0.717, 1.165) is 17.1 Å². The highest BCUT2D eigenvalue weighted by atomic mass is 32.2. The molecule has 0 spiro atoms. The molecule has 0 aliphatic carbocycles. The molecule has 3 N–H and O–H groups in total. The Morgan fingerprint density at radius 1 is 0.787 bits per heavy atom. The second kappa shape index (κ2) is 18.7. The Labute approximate surface area is 373 Å².